The largest absolute Gasteiger partial charge is 0.110 e. The Morgan fingerprint density at radius 2 is 1.38 bits per heavy atom. The van der Waals surface area contributed by atoms with Gasteiger partial charge in [0.15, 0.2) is 0 Å². The molecule has 0 radical (unpaired) electrons. The summed E-state index contributed by atoms with van der Waals surface area (Å²) < 4.78 is 0. The van der Waals surface area contributed by atoms with Gasteiger partial charge in [0.1, 0.15) is 0 Å². The Labute approximate surface area is 98.8 Å². The molecular weight excluding hydrogens is 208 g/mol. The van der Waals surface area contributed by atoms with Gasteiger partial charge >= 0.3 is 0 Å². The highest BCUT2D eigenvalue weighted by atomic mass is 28.2. The van der Waals surface area contributed by atoms with Gasteiger partial charge in [0.05, 0.1) is 8.41 Å². The number of hydrogen-bond donors (Lipinski definition) is 0. The molecule has 0 fully saturated rings. The zero-order chi connectivity index (χ0) is 11.5. The molecule has 0 saturated heterocycles. The van der Waals surface area contributed by atoms with Crippen LogP contribution in [0.1, 0.15) is 11.1 Å². The fraction of sp³-hybridized carbons (Fsp3) is 0.133. The molecular formula is C15H16Si. The SMILES string of the molecule is C=[Si](c1ccccc1)c1c(C)cccc1C. The van der Waals surface area contributed by atoms with Gasteiger partial charge in [0.2, 0.25) is 0 Å². The Morgan fingerprint density at radius 1 is 0.812 bits per heavy atom. The summed E-state index contributed by atoms with van der Waals surface area (Å²) in [4.78, 5) is 0. The molecule has 0 saturated carbocycles. The molecule has 0 bridgehead atoms. The van der Waals surface area contributed by atoms with E-state index in [0.29, 0.717) is 0 Å². The lowest BCUT2D eigenvalue weighted by Crippen LogP contribution is -2.37. The molecule has 0 nitrogen and oxygen atoms in total. The molecule has 0 atom stereocenters. The monoisotopic (exact) mass is 224 g/mol. The van der Waals surface area contributed by atoms with Crippen molar-refractivity contribution in [1.82, 2.24) is 0 Å². The van der Waals surface area contributed by atoms with Crippen LogP contribution in [0, 0.1) is 13.8 Å². The van der Waals surface area contributed by atoms with Gasteiger partial charge in [-0.1, -0.05) is 48.5 Å². The number of aryl methyl sites for hydroxylation is 2. The second-order valence-corrected chi connectivity index (χ2v) is 6.15. The molecule has 0 aromatic heterocycles. The molecule has 0 spiro atoms. The van der Waals surface area contributed by atoms with Crippen LogP contribution in [0.5, 0.6) is 0 Å². The molecule has 0 unspecified atom stereocenters. The summed E-state index contributed by atoms with van der Waals surface area (Å²) in [7, 11) is -0.855. The molecule has 0 aliphatic rings. The van der Waals surface area contributed by atoms with E-state index in [-0.39, 0.29) is 0 Å². The molecule has 0 aliphatic heterocycles. The van der Waals surface area contributed by atoms with E-state index in [4.69, 9.17) is 0 Å². The van der Waals surface area contributed by atoms with Crippen LogP contribution in [0.25, 0.3) is 0 Å². The van der Waals surface area contributed by atoms with Crippen LogP contribution in [0.15, 0.2) is 48.5 Å². The zero-order valence-corrected chi connectivity index (χ0v) is 10.8. The molecule has 1 heteroatoms. The highest BCUT2D eigenvalue weighted by Crippen LogP contribution is 2.00. The number of rotatable bonds is 2. The van der Waals surface area contributed by atoms with Gasteiger partial charge in [-0.25, -0.2) is 0 Å². The van der Waals surface area contributed by atoms with Crippen molar-refractivity contribution >= 4 is 25.0 Å². The maximum absolute atomic E-state index is 4.40. The van der Waals surface area contributed by atoms with E-state index in [1.165, 1.54) is 21.5 Å². The molecule has 0 amide bonds. The van der Waals surface area contributed by atoms with Crippen molar-refractivity contribution in [3.63, 3.8) is 0 Å². The summed E-state index contributed by atoms with van der Waals surface area (Å²) in [6, 6.07) is 17.1. The second-order valence-electron chi connectivity index (χ2n) is 4.11. The minimum Gasteiger partial charge on any atom is -0.110 e. The third-order valence-electron chi connectivity index (χ3n) is 2.91. The Balaban J connectivity index is 2.50. The Kier molecular flexibility index (Phi) is 3.16. The van der Waals surface area contributed by atoms with Crippen molar-refractivity contribution in [2.24, 2.45) is 0 Å². The van der Waals surface area contributed by atoms with E-state index < -0.39 is 8.41 Å². The van der Waals surface area contributed by atoms with Gasteiger partial charge in [-0.3, -0.25) is 0 Å². The molecule has 2 rings (SSSR count). The van der Waals surface area contributed by atoms with E-state index in [0.717, 1.165) is 0 Å². The lowest BCUT2D eigenvalue weighted by molar-refractivity contribution is 1.43. The summed E-state index contributed by atoms with van der Waals surface area (Å²) in [6.45, 7) is 4.36. The quantitative estimate of drug-likeness (QED) is 0.684. The molecule has 2 aromatic carbocycles. The van der Waals surface area contributed by atoms with E-state index in [1.807, 2.05) is 0 Å². The van der Waals surface area contributed by atoms with Crippen LogP contribution in [0.4, 0.5) is 0 Å². The maximum atomic E-state index is 4.40. The first kappa shape index (κ1) is 11.0. The summed E-state index contributed by atoms with van der Waals surface area (Å²) >= 11 is 0. The van der Waals surface area contributed by atoms with Crippen molar-refractivity contribution in [3.8, 4) is 0 Å². The number of hydrogen-bond acceptors (Lipinski definition) is 0. The molecule has 2 aromatic rings. The second kappa shape index (κ2) is 4.58. The van der Waals surface area contributed by atoms with Crippen molar-refractivity contribution in [2.45, 2.75) is 13.8 Å². The summed E-state index contributed by atoms with van der Waals surface area (Å²) in [5.41, 5.74) is 2.74. The maximum Gasteiger partial charge on any atom is 0.0733 e. The normalized spacial score (nSPS) is 10.1. The van der Waals surface area contributed by atoms with Crippen LogP contribution in [0.2, 0.25) is 0 Å². The van der Waals surface area contributed by atoms with Crippen molar-refractivity contribution in [1.29, 1.82) is 0 Å². The van der Waals surface area contributed by atoms with Gasteiger partial charge in [0, 0.05) is 0 Å². The molecule has 0 N–H and O–H groups in total. The molecule has 0 heterocycles. The van der Waals surface area contributed by atoms with E-state index in [2.05, 4.69) is 68.6 Å². The predicted molar refractivity (Wildman–Crippen MR) is 74.5 cm³/mol. The van der Waals surface area contributed by atoms with Crippen LogP contribution in [-0.2, 0) is 0 Å². The first-order valence-electron chi connectivity index (χ1n) is 5.51. The third kappa shape index (κ3) is 2.05. The first-order chi connectivity index (χ1) is 7.70. The van der Waals surface area contributed by atoms with Crippen molar-refractivity contribution in [2.75, 3.05) is 0 Å². The average Bonchev–Trinajstić information content (AvgIpc) is 2.30. The highest BCUT2D eigenvalue weighted by Gasteiger charge is 2.08. The fourth-order valence-electron chi connectivity index (χ4n) is 2.07. The minimum absolute atomic E-state index is 0.855. The summed E-state index contributed by atoms with van der Waals surface area (Å²) in [5.74, 6) is 0. The first-order valence-corrected chi connectivity index (χ1v) is 7.22. The van der Waals surface area contributed by atoms with E-state index in [1.54, 1.807) is 0 Å². The van der Waals surface area contributed by atoms with Crippen LogP contribution in [-0.4, -0.2) is 14.6 Å². The smallest absolute Gasteiger partial charge is 0.0733 e. The predicted octanol–water partition coefficient (Wildman–Crippen LogP) is 1.93. The Morgan fingerprint density at radius 3 is 1.94 bits per heavy atom. The average molecular weight is 224 g/mol. The van der Waals surface area contributed by atoms with Crippen LogP contribution in [0.3, 0.4) is 0 Å². The Hall–Kier alpha value is -1.47. The molecule has 0 aliphatic carbocycles. The fourth-order valence-corrected chi connectivity index (χ4v) is 4.08. The van der Waals surface area contributed by atoms with Gasteiger partial charge in [-0.2, -0.15) is 0 Å². The van der Waals surface area contributed by atoms with Gasteiger partial charge in [0.25, 0.3) is 0 Å². The number of benzene rings is 2. The standard InChI is InChI=1S/C15H16Si/c1-12-8-7-9-13(2)15(12)16(3)14-10-5-4-6-11-14/h4-11H,3H2,1-2H3. The van der Waals surface area contributed by atoms with Crippen molar-refractivity contribution in [3.05, 3.63) is 59.7 Å². The van der Waals surface area contributed by atoms with Crippen LogP contribution >= 0.6 is 0 Å². The van der Waals surface area contributed by atoms with Gasteiger partial charge < -0.3 is 0 Å². The van der Waals surface area contributed by atoms with Gasteiger partial charge in [-0.15, -0.1) is 6.17 Å². The Bertz CT molecular complexity index is 492. The van der Waals surface area contributed by atoms with Crippen LogP contribution < -0.4 is 10.4 Å². The van der Waals surface area contributed by atoms with E-state index >= 15 is 0 Å². The minimum atomic E-state index is -0.855. The molecule has 80 valence electrons. The highest BCUT2D eigenvalue weighted by molar-refractivity contribution is 6.86. The third-order valence-corrected chi connectivity index (χ3v) is 5.33. The lowest BCUT2D eigenvalue weighted by atomic mass is 10.2. The summed E-state index contributed by atoms with van der Waals surface area (Å²) in [6.07, 6.45) is 4.40. The van der Waals surface area contributed by atoms with Gasteiger partial charge in [-0.05, 0) is 35.3 Å². The zero-order valence-electron chi connectivity index (χ0n) is 9.83. The lowest BCUT2D eigenvalue weighted by Gasteiger charge is -2.11. The van der Waals surface area contributed by atoms with E-state index in [9.17, 15) is 0 Å². The topological polar surface area (TPSA) is 0 Å². The summed E-state index contributed by atoms with van der Waals surface area (Å²) in [5, 5.41) is 2.84. The van der Waals surface area contributed by atoms with Crippen molar-refractivity contribution < 1.29 is 0 Å². The molecule has 16 heavy (non-hydrogen) atoms.